The number of hydrogen-bond acceptors (Lipinski definition) is 5. The van der Waals surface area contributed by atoms with Crippen LogP contribution < -0.4 is 0 Å². The number of aliphatic carboxylic acids is 1. The monoisotopic (exact) mass is 271 g/mol. The van der Waals surface area contributed by atoms with Crippen molar-refractivity contribution in [1.82, 2.24) is 4.90 Å². The Morgan fingerprint density at radius 2 is 2.05 bits per heavy atom. The molecule has 0 aromatic rings. The van der Waals surface area contributed by atoms with E-state index in [1.807, 2.05) is 0 Å². The van der Waals surface area contributed by atoms with Gasteiger partial charge in [0, 0.05) is 26.3 Å². The summed E-state index contributed by atoms with van der Waals surface area (Å²) in [6.45, 7) is 2.57. The summed E-state index contributed by atoms with van der Waals surface area (Å²) < 4.78 is 4.83. The van der Waals surface area contributed by atoms with Crippen LogP contribution in [0.15, 0.2) is 0 Å². The van der Waals surface area contributed by atoms with Gasteiger partial charge < -0.3 is 14.7 Å². The molecule has 1 heterocycles. The molecule has 1 saturated heterocycles. The van der Waals surface area contributed by atoms with E-state index in [4.69, 9.17) is 9.84 Å². The molecular weight excluding hydrogens is 254 g/mol. The molecule has 1 amide bonds. The number of nitrogens with zero attached hydrogens (tertiary/aromatic N) is 1. The van der Waals surface area contributed by atoms with Gasteiger partial charge in [-0.2, -0.15) is 0 Å². The molecule has 106 valence electrons. The maximum absolute atomic E-state index is 11.6. The number of likely N-dealkylation sites (tertiary alicyclic amines) is 1. The molecule has 1 unspecified atom stereocenters. The van der Waals surface area contributed by atoms with Crippen molar-refractivity contribution >= 4 is 23.6 Å². The summed E-state index contributed by atoms with van der Waals surface area (Å²) in [5.74, 6) is -2.22. The van der Waals surface area contributed by atoms with Crippen molar-refractivity contribution in [3.63, 3.8) is 0 Å². The highest BCUT2D eigenvalue weighted by Crippen LogP contribution is 2.20. The van der Waals surface area contributed by atoms with Crippen molar-refractivity contribution in [3.05, 3.63) is 0 Å². The van der Waals surface area contributed by atoms with Crippen LogP contribution in [0.4, 0.5) is 0 Å². The van der Waals surface area contributed by atoms with Crippen LogP contribution in [-0.4, -0.2) is 52.3 Å². The molecule has 0 aromatic carbocycles. The van der Waals surface area contributed by atoms with Crippen LogP contribution in [-0.2, 0) is 23.9 Å². The zero-order valence-electron chi connectivity index (χ0n) is 10.9. The van der Waals surface area contributed by atoms with E-state index in [-0.39, 0.29) is 37.5 Å². The fourth-order valence-electron chi connectivity index (χ4n) is 2.07. The molecule has 0 aromatic heterocycles. The molecule has 19 heavy (non-hydrogen) atoms. The van der Waals surface area contributed by atoms with Gasteiger partial charge >= 0.3 is 11.9 Å². The fourth-order valence-corrected chi connectivity index (χ4v) is 2.07. The minimum Gasteiger partial charge on any atom is -0.480 e. The lowest BCUT2D eigenvalue weighted by molar-refractivity contribution is -0.154. The summed E-state index contributed by atoms with van der Waals surface area (Å²) in [6.07, 6.45) is -0.355. The van der Waals surface area contributed by atoms with E-state index in [1.165, 1.54) is 18.7 Å². The summed E-state index contributed by atoms with van der Waals surface area (Å²) in [7, 11) is 0. The van der Waals surface area contributed by atoms with Crippen LogP contribution >= 0.6 is 0 Å². The summed E-state index contributed by atoms with van der Waals surface area (Å²) in [5.41, 5.74) is 0. The summed E-state index contributed by atoms with van der Waals surface area (Å²) >= 11 is 0. The average molecular weight is 271 g/mol. The Morgan fingerprint density at radius 3 is 2.53 bits per heavy atom. The first kappa shape index (κ1) is 15.1. The SMILES string of the molecule is CC(=O)OC(CCN1C(=O)CC[C@H]1C(=O)O)C(C)=O. The number of hydrogen-bond donors (Lipinski definition) is 1. The molecule has 1 fully saturated rings. The van der Waals surface area contributed by atoms with Gasteiger partial charge in [-0.1, -0.05) is 0 Å². The predicted molar refractivity (Wildman–Crippen MR) is 63.2 cm³/mol. The number of esters is 1. The Morgan fingerprint density at radius 1 is 1.42 bits per heavy atom. The molecule has 1 aliphatic rings. The molecule has 0 aliphatic carbocycles. The summed E-state index contributed by atoms with van der Waals surface area (Å²) in [5, 5.41) is 8.98. The second-order valence-electron chi connectivity index (χ2n) is 4.48. The van der Waals surface area contributed by atoms with Crippen LogP contribution in [0.2, 0.25) is 0 Å². The lowest BCUT2D eigenvalue weighted by atomic mass is 10.1. The molecule has 0 radical (unpaired) electrons. The number of ether oxygens (including phenoxy) is 1. The molecule has 2 atom stereocenters. The Labute approximate surface area is 110 Å². The number of ketones is 1. The Bertz CT molecular complexity index is 405. The minimum absolute atomic E-state index is 0.0906. The highest BCUT2D eigenvalue weighted by Gasteiger charge is 2.36. The van der Waals surface area contributed by atoms with E-state index in [1.54, 1.807) is 0 Å². The van der Waals surface area contributed by atoms with Gasteiger partial charge in [-0.05, 0) is 13.3 Å². The van der Waals surface area contributed by atoms with Crippen molar-refractivity contribution in [2.24, 2.45) is 0 Å². The van der Waals surface area contributed by atoms with Gasteiger partial charge in [-0.3, -0.25) is 14.4 Å². The van der Waals surface area contributed by atoms with E-state index in [9.17, 15) is 19.2 Å². The number of carboxylic acids is 1. The fraction of sp³-hybridized carbons (Fsp3) is 0.667. The normalized spacial score (nSPS) is 20.2. The predicted octanol–water partition coefficient (Wildman–Crippen LogP) is -0.0272. The first-order chi connectivity index (χ1) is 8.82. The highest BCUT2D eigenvalue weighted by molar-refractivity contribution is 5.87. The molecule has 0 spiro atoms. The largest absolute Gasteiger partial charge is 0.480 e. The molecule has 0 saturated carbocycles. The quantitative estimate of drug-likeness (QED) is 0.681. The minimum atomic E-state index is -1.06. The van der Waals surface area contributed by atoms with Crippen LogP contribution in [0.25, 0.3) is 0 Å². The van der Waals surface area contributed by atoms with E-state index in [0.29, 0.717) is 0 Å². The van der Waals surface area contributed by atoms with Crippen LogP contribution in [0, 0.1) is 0 Å². The third-order valence-corrected chi connectivity index (χ3v) is 3.01. The average Bonchev–Trinajstić information content (AvgIpc) is 2.65. The second-order valence-corrected chi connectivity index (χ2v) is 4.48. The van der Waals surface area contributed by atoms with E-state index >= 15 is 0 Å². The molecule has 1 aliphatic heterocycles. The second kappa shape index (κ2) is 6.31. The van der Waals surface area contributed by atoms with E-state index in [0.717, 1.165) is 0 Å². The Kier molecular flexibility index (Phi) is 5.02. The van der Waals surface area contributed by atoms with Gasteiger partial charge in [0.15, 0.2) is 11.9 Å². The van der Waals surface area contributed by atoms with Crippen LogP contribution in [0.5, 0.6) is 0 Å². The zero-order valence-corrected chi connectivity index (χ0v) is 10.9. The summed E-state index contributed by atoms with van der Waals surface area (Å²) in [4.78, 5) is 45.9. The van der Waals surface area contributed by atoms with Crippen molar-refractivity contribution in [2.75, 3.05) is 6.54 Å². The van der Waals surface area contributed by atoms with Crippen molar-refractivity contribution in [2.45, 2.75) is 45.3 Å². The van der Waals surface area contributed by atoms with Crippen molar-refractivity contribution < 1.29 is 29.0 Å². The van der Waals surface area contributed by atoms with Crippen molar-refractivity contribution in [1.29, 1.82) is 0 Å². The molecule has 1 rings (SSSR count). The number of rotatable bonds is 6. The Balaban J connectivity index is 2.62. The van der Waals surface area contributed by atoms with Gasteiger partial charge in [-0.15, -0.1) is 0 Å². The maximum atomic E-state index is 11.6. The first-order valence-corrected chi connectivity index (χ1v) is 6.03. The van der Waals surface area contributed by atoms with Crippen LogP contribution in [0.1, 0.15) is 33.1 Å². The number of carboxylic acid groups (broad SMARTS) is 1. The molecule has 1 N–H and O–H groups in total. The van der Waals surface area contributed by atoms with Gasteiger partial charge in [0.2, 0.25) is 5.91 Å². The van der Waals surface area contributed by atoms with E-state index < -0.39 is 24.1 Å². The standard InChI is InChI=1S/C12H17NO6/c1-7(14)10(19-8(2)15)5-6-13-9(12(17)18)3-4-11(13)16/h9-10H,3-6H2,1-2H3,(H,17,18)/t9-,10?/m0/s1. The third-order valence-electron chi connectivity index (χ3n) is 3.01. The number of carbonyl (C=O) groups is 4. The number of amides is 1. The smallest absolute Gasteiger partial charge is 0.326 e. The summed E-state index contributed by atoms with van der Waals surface area (Å²) in [6, 6.07) is -0.850. The number of carbonyl (C=O) groups excluding carboxylic acids is 3. The molecule has 7 heteroatoms. The topological polar surface area (TPSA) is 101 Å². The van der Waals surface area contributed by atoms with E-state index in [2.05, 4.69) is 0 Å². The zero-order chi connectivity index (χ0) is 14.6. The van der Waals surface area contributed by atoms with Gasteiger partial charge in [0.1, 0.15) is 6.04 Å². The number of Topliss-reactive ketones (excluding diaryl/α,β-unsaturated/α-hetero) is 1. The maximum Gasteiger partial charge on any atom is 0.326 e. The molecular formula is C12H17NO6. The van der Waals surface area contributed by atoms with Gasteiger partial charge in [0.25, 0.3) is 0 Å². The highest BCUT2D eigenvalue weighted by atomic mass is 16.5. The lowest BCUT2D eigenvalue weighted by Crippen LogP contribution is -2.41. The molecule has 7 nitrogen and oxygen atoms in total. The van der Waals surface area contributed by atoms with Crippen LogP contribution in [0.3, 0.4) is 0 Å². The molecule has 0 bridgehead atoms. The van der Waals surface area contributed by atoms with Gasteiger partial charge in [-0.25, -0.2) is 4.79 Å². The van der Waals surface area contributed by atoms with Crippen molar-refractivity contribution in [3.8, 4) is 0 Å². The lowest BCUT2D eigenvalue weighted by Gasteiger charge is -2.23. The van der Waals surface area contributed by atoms with Gasteiger partial charge in [0.05, 0.1) is 0 Å². The third kappa shape index (κ3) is 4.04. The first-order valence-electron chi connectivity index (χ1n) is 6.03. The Hall–Kier alpha value is -1.92.